The molecule has 0 aliphatic heterocycles. The van der Waals surface area contributed by atoms with Gasteiger partial charge in [-0.2, -0.15) is 0 Å². The number of nitrogens with zero attached hydrogens (tertiary/aromatic N) is 1. The molecule has 0 aliphatic carbocycles. The average Bonchev–Trinajstić information content (AvgIpc) is 2.03. The van der Waals surface area contributed by atoms with E-state index in [0.29, 0.717) is 5.69 Å². The maximum atomic E-state index is 12.8. The Kier molecular flexibility index (Phi) is 2.83. The van der Waals surface area contributed by atoms with Crippen molar-refractivity contribution in [2.75, 3.05) is 11.9 Å². The Balaban J connectivity index is 2.62. The molecule has 1 N–H and O–H groups in total. The molecule has 0 unspecified atom stereocenters. The number of anilines is 1. The van der Waals surface area contributed by atoms with Crippen molar-refractivity contribution in [2.24, 2.45) is 0 Å². The van der Waals surface area contributed by atoms with E-state index in [2.05, 4.69) is 10.3 Å². The third-order valence-corrected chi connectivity index (χ3v) is 1.34. The molecule has 0 amide bonds. The lowest BCUT2D eigenvalue weighted by Gasteiger charge is -2.03. The Morgan fingerprint density at radius 3 is 3.09 bits per heavy atom. The Labute approximate surface area is 65.5 Å². The van der Waals surface area contributed by atoms with Crippen molar-refractivity contribution < 1.29 is 4.39 Å². The number of pyridine rings is 1. The lowest BCUT2D eigenvalue weighted by atomic mass is 10.3. The minimum absolute atomic E-state index is 0.291. The highest BCUT2D eigenvalue weighted by atomic mass is 19.1. The van der Waals surface area contributed by atoms with E-state index >= 15 is 0 Å². The van der Waals surface area contributed by atoms with Crippen molar-refractivity contribution in [3.8, 4) is 0 Å². The molecule has 0 bridgehead atoms. The summed E-state index contributed by atoms with van der Waals surface area (Å²) < 4.78 is 12.8. The van der Waals surface area contributed by atoms with Crippen LogP contribution in [0.3, 0.4) is 0 Å². The monoisotopic (exact) mass is 154 g/mol. The lowest BCUT2D eigenvalue weighted by Crippen LogP contribution is -2.01. The van der Waals surface area contributed by atoms with Gasteiger partial charge in [-0.1, -0.05) is 6.92 Å². The third-order valence-electron chi connectivity index (χ3n) is 1.34. The van der Waals surface area contributed by atoms with E-state index in [9.17, 15) is 4.39 Å². The van der Waals surface area contributed by atoms with Crippen molar-refractivity contribution in [3.05, 3.63) is 24.3 Å². The maximum Gasteiger partial charge on any atom is 0.164 e. The smallest absolute Gasteiger partial charge is 0.164 e. The second-order valence-corrected chi connectivity index (χ2v) is 2.28. The topological polar surface area (TPSA) is 24.9 Å². The summed E-state index contributed by atoms with van der Waals surface area (Å²) in [5.41, 5.74) is 0.529. The highest BCUT2D eigenvalue weighted by molar-refractivity contribution is 5.42. The van der Waals surface area contributed by atoms with Crippen molar-refractivity contribution in [1.82, 2.24) is 4.98 Å². The molecule has 0 saturated carbocycles. The molecule has 3 heteroatoms. The van der Waals surface area contributed by atoms with Crippen LogP contribution in [0.15, 0.2) is 18.5 Å². The highest BCUT2D eigenvalue weighted by Crippen LogP contribution is 2.09. The second-order valence-electron chi connectivity index (χ2n) is 2.28. The molecular formula is C8H11FN2. The molecule has 1 aromatic rings. The molecule has 0 atom stereocenters. The number of nitrogens with one attached hydrogen (secondary N) is 1. The summed E-state index contributed by atoms with van der Waals surface area (Å²) in [4.78, 5) is 3.64. The fraction of sp³-hybridized carbons (Fsp3) is 0.375. The van der Waals surface area contributed by atoms with Gasteiger partial charge in [-0.25, -0.2) is 4.39 Å². The van der Waals surface area contributed by atoms with Gasteiger partial charge in [0.1, 0.15) is 0 Å². The first-order valence-electron chi connectivity index (χ1n) is 3.68. The van der Waals surface area contributed by atoms with Crippen LogP contribution in [0.1, 0.15) is 13.3 Å². The normalized spacial score (nSPS) is 9.64. The summed E-state index contributed by atoms with van der Waals surface area (Å²) in [6, 6.07) is 1.63. The minimum Gasteiger partial charge on any atom is -0.383 e. The van der Waals surface area contributed by atoms with Crippen molar-refractivity contribution in [1.29, 1.82) is 0 Å². The SMILES string of the molecule is CCCNc1ccncc1F. The van der Waals surface area contributed by atoms with Gasteiger partial charge in [0.15, 0.2) is 5.82 Å². The van der Waals surface area contributed by atoms with Crippen LogP contribution in [-0.2, 0) is 0 Å². The molecule has 0 spiro atoms. The van der Waals surface area contributed by atoms with E-state index in [1.807, 2.05) is 6.92 Å². The van der Waals surface area contributed by atoms with E-state index in [0.717, 1.165) is 13.0 Å². The van der Waals surface area contributed by atoms with Gasteiger partial charge in [-0.15, -0.1) is 0 Å². The fourth-order valence-electron chi connectivity index (χ4n) is 0.778. The zero-order valence-corrected chi connectivity index (χ0v) is 6.47. The Bertz CT molecular complexity index is 225. The molecule has 0 aromatic carbocycles. The number of hydrogen-bond acceptors (Lipinski definition) is 2. The molecule has 0 saturated heterocycles. The Hall–Kier alpha value is -1.12. The van der Waals surface area contributed by atoms with Crippen molar-refractivity contribution in [2.45, 2.75) is 13.3 Å². The van der Waals surface area contributed by atoms with Crippen LogP contribution in [0.4, 0.5) is 10.1 Å². The summed E-state index contributed by atoms with van der Waals surface area (Å²) in [5.74, 6) is -0.291. The molecule has 2 nitrogen and oxygen atoms in total. The van der Waals surface area contributed by atoms with E-state index in [1.165, 1.54) is 6.20 Å². The van der Waals surface area contributed by atoms with Gasteiger partial charge in [0.25, 0.3) is 0 Å². The first kappa shape index (κ1) is 7.98. The first-order valence-corrected chi connectivity index (χ1v) is 3.68. The van der Waals surface area contributed by atoms with E-state index < -0.39 is 0 Å². The molecule has 1 rings (SSSR count). The van der Waals surface area contributed by atoms with Crippen LogP contribution in [0.5, 0.6) is 0 Å². The van der Waals surface area contributed by atoms with Gasteiger partial charge in [0, 0.05) is 12.7 Å². The van der Waals surface area contributed by atoms with Crippen LogP contribution in [0.25, 0.3) is 0 Å². The van der Waals surface area contributed by atoms with E-state index in [4.69, 9.17) is 0 Å². The van der Waals surface area contributed by atoms with Crippen molar-refractivity contribution >= 4 is 5.69 Å². The summed E-state index contributed by atoms with van der Waals surface area (Å²) >= 11 is 0. The minimum atomic E-state index is -0.291. The second kappa shape index (κ2) is 3.91. The van der Waals surface area contributed by atoms with Gasteiger partial charge in [0.2, 0.25) is 0 Å². The molecule has 1 aromatic heterocycles. The van der Waals surface area contributed by atoms with Gasteiger partial charge in [-0.05, 0) is 12.5 Å². The predicted molar refractivity (Wildman–Crippen MR) is 43.0 cm³/mol. The predicted octanol–water partition coefficient (Wildman–Crippen LogP) is 2.04. The van der Waals surface area contributed by atoms with E-state index in [1.54, 1.807) is 12.3 Å². The Morgan fingerprint density at radius 2 is 2.45 bits per heavy atom. The largest absolute Gasteiger partial charge is 0.383 e. The molecule has 0 aliphatic rings. The summed E-state index contributed by atoms with van der Waals surface area (Å²) in [6.45, 7) is 2.83. The van der Waals surface area contributed by atoms with Crippen LogP contribution >= 0.6 is 0 Å². The van der Waals surface area contributed by atoms with Gasteiger partial charge in [0.05, 0.1) is 11.9 Å². The van der Waals surface area contributed by atoms with Gasteiger partial charge in [-0.3, -0.25) is 4.98 Å². The molecule has 11 heavy (non-hydrogen) atoms. The van der Waals surface area contributed by atoms with Gasteiger partial charge < -0.3 is 5.32 Å². The third kappa shape index (κ3) is 2.18. The van der Waals surface area contributed by atoms with Crippen molar-refractivity contribution in [3.63, 3.8) is 0 Å². The lowest BCUT2D eigenvalue weighted by molar-refractivity contribution is 0.623. The average molecular weight is 154 g/mol. The van der Waals surface area contributed by atoms with E-state index in [-0.39, 0.29) is 5.82 Å². The Morgan fingerprint density at radius 1 is 1.64 bits per heavy atom. The quantitative estimate of drug-likeness (QED) is 0.720. The van der Waals surface area contributed by atoms with Gasteiger partial charge >= 0.3 is 0 Å². The molecule has 0 radical (unpaired) electrons. The van der Waals surface area contributed by atoms with Crippen LogP contribution in [0, 0.1) is 5.82 Å². The number of halogens is 1. The maximum absolute atomic E-state index is 12.8. The summed E-state index contributed by atoms with van der Waals surface area (Å²) in [6.07, 6.45) is 3.76. The number of hydrogen-bond donors (Lipinski definition) is 1. The van der Waals surface area contributed by atoms with Crippen LogP contribution in [-0.4, -0.2) is 11.5 Å². The van der Waals surface area contributed by atoms with Crippen LogP contribution in [0.2, 0.25) is 0 Å². The molecule has 60 valence electrons. The molecule has 1 heterocycles. The highest BCUT2D eigenvalue weighted by Gasteiger charge is 1.97. The standard InChI is InChI=1S/C8H11FN2/c1-2-4-11-8-3-5-10-6-7(8)9/h3,5-6H,2,4H2,1H3,(H,10,11). The fourth-order valence-corrected chi connectivity index (χ4v) is 0.778. The summed E-state index contributed by atoms with van der Waals surface area (Å²) in [5, 5.41) is 2.95. The first-order chi connectivity index (χ1) is 5.34. The zero-order chi connectivity index (χ0) is 8.10. The number of aromatic nitrogens is 1. The van der Waals surface area contributed by atoms with Crippen LogP contribution < -0.4 is 5.32 Å². The number of rotatable bonds is 3. The summed E-state index contributed by atoms with van der Waals surface area (Å²) in [7, 11) is 0. The molecular weight excluding hydrogens is 143 g/mol. The molecule has 0 fully saturated rings. The zero-order valence-electron chi connectivity index (χ0n) is 6.47.